The zero-order valence-electron chi connectivity index (χ0n) is 15.7. The number of anilines is 2. The van der Waals surface area contributed by atoms with E-state index in [4.69, 9.17) is 0 Å². The van der Waals surface area contributed by atoms with Crippen LogP contribution in [0.5, 0.6) is 0 Å². The van der Waals surface area contributed by atoms with Gasteiger partial charge in [-0.2, -0.15) is 0 Å². The molecule has 0 atom stereocenters. The number of benzene rings is 3. The highest BCUT2D eigenvalue weighted by molar-refractivity contribution is 9.10. The van der Waals surface area contributed by atoms with Gasteiger partial charge in [0.15, 0.2) is 0 Å². The van der Waals surface area contributed by atoms with Crippen molar-refractivity contribution in [2.75, 3.05) is 16.2 Å². The van der Waals surface area contributed by atoms with Crippen molar-refractivity contribution in [2.24, 2.45) is 0 Å². The van der Waals surface area contributed by atoms with E-state index in [1.165, 1.54) is 4.31 Å². The molecule has 0 bridgehead atoms. The highest BCUT2D eigenvalue weighted by Gasteiger charge is 2.35. The Bertz CT molecular complexity index is 1210. The van der Waals surface area contributed by atoms with Crippen molar-refractivity contribution in [3.63, 3.8) is 0 Å². The molecule has 7 heteroatoms. The van der Waals surface area contributed by atoms with Gasteiger partial charge in [-0.1, -0.05) is 59.3 Å². The molecule has 148 valence electrons. The second-order valence-electron chi connectivity index (χ2n) is 6.73. The van der Waals surface area contributed by atoms with Crippen LogP contribution in [-0.4, -0.2) is 20.9 Å². The maximum absolute atomic E-state index is 13.3. The topological polar surface area (TPSA) is 66.5 Å². The first-order valence-corrected chi connectivity index (χ1v) is 11.4. The first kappa shape index (κ1) is 19.7. The summed E-state index contributed by atoms with van der Waals surface area (Å²) < 4.78 is 28.6. The van der Waals surface area contributed by atoms with Crippen molar-refractivity contribution < 1.29 is 13.2 Å². The van der Waals surface area contributed by atoms with Gasteiger partial charge in [0, 0.05) is 21.3 Å². The van der Waals surface area contributed by atoms with E-state index in [9.17, 15) is 13.2 Å². The molecular formula is C22H19BrN2O3S. The van der Waals surface area contributed by atoms with Gasteiger partial charge in [0.05, 0.1) is 10.6 Å². The molecule has 4 rings (SSSR count). The molecule has 1 aliphatic heterocycles. The van der Waals surface area contributed by atoms with E-state index in [1.54, 1.807) is 30.3 Å². The number of fused-ring (bicyclic) bond motifs is 3. The van der Waals surface area contributed by atoms with Crippen molar-refractivity contribution >= 4 is 43.2 Å². The molecule has 1 N–H and O–H groups in total. The van der Waals surface area contributed by atoms with Crippen LogP contribution in [0.25, 0.3) is 11.1 Å². The summed E-state index contributed by atoms with van der Waals surface area (Å²) in [5.41, 5.74) is 3.59. The Hall–Kier alpha value is -2.64. The van der Waals surface area contributed by atoms with E-state index in [0.717, 1.165) is 22.0 Å². The van der Waals surface area contributed by atoms with Crippen LogP contribution in [0.2, 0.25) is 0 Å². The fourth-order valence-electron chi connectivity index (χ4n) is 3.54. The van der Waals surface area contributed by atoms with Gasteiger partial charge in [-0.05, 0) is 42.3 Å². The minimum absolute atomic E-state index is 0.201. The molecule has 1 aliphatic rings. The summed E-state index contributed by atoms with van der Waals surface area (Å²) in [6.07, 6.45) is 0.767. The lowest BCUT2D eigenvalue weighted by atomic mass is 10.0. The molecule has 1 heterocycles. The number of sulfonamides is 1. The highest BCUT2D eigenvalue weighted by Crippen LogP contribution is 2.43. The molecule has 0 radical (unpaired) electrons. The van der Waals surface area contributed by atoms with E-state index >= 15 is 0 Å². The second-order valence-corrected chi connectivity index (χ2v) is 9.47. The third-order valence-corrected chi connectivity index (χ3v) is 7.24. The standard InChI is InChI=1S/C22H19BrN2O3S/c1-2-15-7-3-5-9-19(15)24-22(26)14-25-20-12-11-16(23)13-18(20)17-8-4-6-10-21(17)29(25,27)28/h3-13H,2,14H2,1H3,(H,24,26). The maximum atomic E-state index is 13.3. The van der Waals surface area contributed by atoms with Crippen LogP contribution in [0.4, 0.5) is 11.4 Å². The minimum Gasteiger partial charge on any atom is -0.324 e. The van der Waals surface area contributed by atoms with Gasteiger partial charge < -0.3 is 5.32 Å². The SMILES string of the molecule is CCc1ccccc1NC(=O)CN1c2ccc(Br)cc2-c2ccccc2S1(=O)=O. The minimum atomic E-state index is -3.85. The molecule has 0 saturated heterocycles. The van der Waals surface area contributed by atoms with Crippen LogP contribution in [0.15, 0.2) is 76.1 Å². The molecule has 0 aliphatic carbocycles. The predicted octanol–water partition coefficient (Wildman–Crippen LogP) is 4.83. The molecular weight excluding hydrogens is 452 g/mol. The summed E-state index contributed by atoms with van der Waals surface area (Å²) in [4.78, 5) is 13.0. The van der Waals surface area contributed by atoms with Gasteiger partial charge in [0.25, 0.3) is 10.0 Å². The number of carbonyl (C=O) groups excluding carboxylic acids is 1. The molecule has 1 amide bonds. The van der Waals surface area contributed by atoms with Crippen LogP contribution in [0.1, 0.15) is 12.5 Å². The number of rotatable bonds is 4. The van der Waals surface area contributed by atoms with Gasteiger partial charge in [-0.3, -0.25) is 9.10 Å². The second kappa shape index (κ2) is 7.65. The number of carbonyl (C=O) groups is 1. The van der Waals surface area contributed by atoms with Crippen molar-refractivity contribution in [1.82, 2.24) is 0 Å². The number of hydrogen-bond donors (Lipinski definition) is 1. The smallest absolute Gasteiger partial charge is 0.265 e. The van der Waals surface area contributed by atoms with Crippen LogP contribution in [-0.2, 0) is 21.2 Å². The largest absolute Gasteiger partial charge is 0.324 e. The summed E-state index contributed by atoms with van der Waals surface area (Å²) in [5, 5.41) is 2.86. The molecule has 0 spiro atoms. The Morgan fingerprint density at radius 1 is 1.00 bits per heavy atom. The zero-order valence-corrected chi connectivity index (χ0v) is 18.1. The number of hydrogen-bond acceptors (Lipinski definition) is 3. The highest BCUT2D eigenvalue weighted by atomic mass is 79.9. The molecule has 0 unspecified atom stereocenters. The van der Waals surface area contributed by atoms with Crippen LogP contribution >= 0.6 is 15.9 Å². The molecule has 5 nitrogen and oxygen atoms in total. The number of para-hydroxylation sites is 1. The normalized spacial score (nSPS) is 14.1. The van der Waals surface area contributed by atoms with Crippen LogP contribution in [0.3, 0.4) is 0 Å². The van der Waals surface area contributed by atoms with Gasteiger partial charge in [0.2, 0.25) is 5.91 Å². The molecule has 0 fully saturated rings. The lowest BCUT2D eigenvalue weighted by molar-refractivity contribution is -0.114. The van der Waals surface area contributed by atoms with E-state index in [2.05, 4.69) is 21.2 Å². The van der Waals surface area contributed by atoms with E-state index in [-0.39, 0.29) is 17.3 Å². The van der Waals surface area contributed by atoms with Crippen molar-refractivity contribution in [3.8, 4) is 11.1 Å². The van der Waals surface area contributed by atoms with Crippen molar-refractivity contribution in [2.45, 2.75) is 18.2 Å². The van der Waals surface area contributed by atoms with E-state index in [0.29, 0.717) is 16.9 Å². The predicted molar refractivity (Wildman–Crippen MR) is 119 cm³/mol. The number of nitrogens with one attached hydrogen (secondary N) is 1. The number of amides is 1. The maximum Gasteiger partial charge on any atom is 0.265 e. The quantitative estimate of drug-likeness (QED) is 0.593. The average Bonchev–Trinajstić information content (AvgIpc) is 2.72. The lowest BCUT2D eigenvalue weighted by Crippen LogP contribution is -2.40. The van der Waals surface area contributed by atoms with Crippen molar-refractivity contribution in [3.05, 3.63) is 76.8 Å². The molecule has 0 aromatic heterocycles. The molecule has 29 heavy (non-hydrogen) atoms. The number of nitrogens with zero attached hydrogens (tertiary/aromatic N) is 1. The molecule has 0 saturated carbocycles. The third-order valence-electron chi connectivity index (χ3n) is 4.93. The Morgan fingerprint density at radius 3 is 2.52 bits per heavy atom. The Labute approximate surface area is 178 Å². The first-order chi connectivity index (χ1) is 13.9. The van der Waals surface area contributed by atoms with E-state index < -0.39 is 10.0 Å². The average molecular weight is 471 g/mol. The summed E-state index contributed by atoms with van der Waals surface area (Å²) in [7, 11) is -3.85. The fourth-order valence-corrected chi connectivity index (χ4v) is 5.55. The number of halogens is 1. The summed E-state index contributed by atoms with van der Waals surface area (Å²) in [5.74, 6) is -0.386. The Kier molecular flexibility index (Phi) is 5.19. The van der Waals surface area contributed by atoms with Gasteiger partial charge in [0.1, 0.15) is 6.54 Å². The first-order valence-electron chi connectivity index (χ1n) is 9.21. The summed E-state index contributed by atoms with van der Waals surface area (Å²) in [6, 6.07) is 19.7. The fraction of sp³-hybridized carbons (Fsp3) is 0.136. The van der Waals surface area contributed by atoms with Crippen molar-refractivity contribution in [1.29, 1.82) is 0 Å². The van der Waals surface area contributed by atoms with Gasteiger partial charge >= 0.3 is 0 Å². The molecule has 3 aromatic rings. The zero-order chi connectivity index (χ0) is 20.6. The molecule has 3 aromatic carbocycles. The summed E-state index contributed by atoms with van der Waals surface area (Å²) >= 11 is 3.45. The van der Waals surface area contributed by atoms with Gasteiger partial charge in [-0.25, -0.2) is 8.42 Å². The summed E-state index contributed by atoms with van der Waals surface area (Å²) in [6.45, 7) is 1.70. The third kappa shape index (κ3) is 3.56. The van der Waals surface area contributed by atoms with Crippen LogP contribution < -0.4 is 9.62 Å². The Balaban J connectivity index is 1.73. The monoisotopic (exact) mass is 470 g/mol. The van der Waals surface area contributed by atoms with Crippen LogP contribution in [0, 0.1) is 0 Å². The van der Waals surface area contributed by atoms with Gasteiger partial charge in [-0.15, -0.1) is 0 Å². The lowest BCUT2D eigenvalue weighted by Gasteiger charge is -2.31. The number of aryl methyl sites for hydroxylation is 1. The van der Waals surface area contributed by atoms with E-state index in [1.807, 2.05) is 43.3 Å². The Morgan fingerprint density at radius 2 is 1.72 bits per heavy atom.